The summed E-state index contributed by atoms with van der Waals surface area (Å²) in [6.45, 7) is 6.36. The molecule has 0 bridgehead atoms. The predicted octanol–water partition coefficient (Wildman–Crippen LogP) is 3.10. The van der Waals surface area contributed by atoms with E-state index < -0.39 is 0 Å². The van der Waals surface area contributed by atoms with Gasteiger partial charge in [-0.05, 0) is 55.8 Å². The molecule has 0 aliphatic heterocycles. The molecule has 2 aromatic carbocycles. The number of benzene rings is 2. The minimum atomic E-state index is -0.211. The number of anilines is 2. The topological polar surface area (TPSA) is 66.0 Å². The van der Waals surface area contributed by atoms with E-state index in [2.05, 4.69) is 46.7 Å². The summed E-state index contributed by atoms with van der Waals surface area (Å²) in [5, 5.41) is 7.03. The first-order valence-electron chi connectivity index (χ1n) is 8.71. The molecule has 0 saturated heterocycles. The van der Waals surface area contributed by atoms with Gasteiger partial charge in [-0.25, -0.2) is 5.43 Å². The van der Waals surface area contributed by atoms with E-state index in [0.29, 0.717) is 0 Å². The van der Waals surface area contributed by atoms with Crippen molar-refractivity contribution in [2.75, 3.05) is 37.0 Å². The highest BCUT2D eigenvalue weighted by Crippen LogP contribution is 2.15. The van der Waals surface area contributed by atoms with E-state index in [0.717, 1.165) is 30.1 Å². The molecule has 0 saturated carbocycles. The van der Waals surface area contributed by atoms with Crippen molar-refractivity contribution in [1.29, 1.82) is 0 Å². The molecule has 6 heteroatoms. The van der Waals surface area contributed by atoms with Gasteiger partial charge in [0.1, 0.15) is 5.75 Å². The number of methoxy groups -OCH3 is 1. The third-order valence-electron chi connectivity index (χ3n) is 3.97. The van der Waals surface area contributed by atoms with E-state index in [1.807, 2.05) is 36.4 Å². The predicted molar refractivity (Wildman–Crippen MR) is 107 cm³/mol. The molecule has 0 unspecified atom stereocenters. The molecule has 2 N–H and O–H groups in total. The summed E-state index contributed by atoms with van der Waals surface area (Å²) in [7, 11) is 1.62. The van der Waals surface area contributed by atoms with Crippen molar-refractivity contribution in [2.24, 2.45) is 5.10 Å². The van der Waals surface area contributed by atoms with E-state index in [1.165, 1.54) is 5.69 Å². The van der Waals surface area contributed by atoms with Crippen LogP contribution in [0.15, 0.2) is 53.6 Å². The van der Waals surface area contributed by atoms with Crippen LogP contribution in [0.3, 0.4) is 0 Å². The Labute approximate surface area is 154 Å². The Morgan fingerprint density at radius 2 is 1.73 bits per heavy atom. The van der Waals surface area contributed by atoms with Gasteiger partial charge in [-0.1, -0.05) is 12.1 Å². The highest BCUT2D eigenvalue weighted by atomic mass is 16.5. The fourth-order valence-corrected chi connectivity index (χ4v) is 2.47. The normalized spacial score (nSPS) is 10.6. The molecule has 0 radical (unpaired) electrons. The number of nitrogens with one attached hydrogen (secondary N) is 2. The first-order chi connectivity index (χ1) is 12.7. The van der Waals surface area contributed by atoms with Crippen LogP contribution in [0, 0.1) is 0 Å². The Balaban J connectivity index is 1.78. The zero-order valence-electron chi connectivity index (χ0n) is 15.5. The number of carbonyl (C=O) groups excluding carboxylic acids is 1. The Hall–Kier alpha value is -3.02. The molecule has 0 fully saturated rings. The van der Waals surface area contributed by atoms with E-state index >= 15 is 0 Å². The molecule has 6 nitrogen and oxygen atoms in total. The van der Waals surface area contributed by atoms with Gasteiger partial charge in [0.05, 0.1) is 19.9 Å². The maximum Gasteiger partial charge on any atom is 0.259 e. The largest absolute Gasteiger partial charge is 0.497 e. The molecule has 1 amide bonds. The van der Waals surface area contributed by atoms with Crippen molar-refractivity contribution in [3.05, 3.63) is 54.1 Å². The van der Waals surface area contributed by atoms with Gasteiger partial charge in [-0.15, -0.1) is 0 Å². The summed E-state index contributed by atoms with van der Waals surface area (Å²) in [4.78, 5) is 14.1. The lowest BCUT2D eigenvalue weighted by molar-refractivity contribution is -0.119. The monoisotopic (exact) mass is 354 g/mol. The third kappa shape index (κ3) is 5.81. The van der Waals surface area contributed by atoms with Crippen LogP contribution in [-0.2, 0) is 4.79 Å². The molecule has 2 rings (SSSR count). The van der Waals surface area contributed by atoms with Crippen LogP contribution in [0.1, 0.15) is 19.4 Å². The number of carbonyl (C=O) groups is 1. The quantitative estimate of drug-likeness (QED) is 0.536. The Bertz CT molecular complexity index is 708. The summed E-state index contributed by atoms with van der Waals surface area (Å²) in [5.74, 6) is 0.563. The Kier molecular flexibility index (Phi) is 7.49. The number of nitrogens with zero attached hydrogens (tertiary/aromatic N) is 2. The first-order valence-corrected chi connectivity index (χ1v) is 8.71. The lowest BCUT2D eigenvalue weighted by Crippen LogP contribution is -2.25. The van der Waals surface area contributed by atoms with Crippen LogP contribution in [0.4, 0.5) is 11.4 Å². The molecule has 0 spiro atoms. The molecule has 0 aliphatic rings. The number of amides is 1. The minimum absolute atomic E-state index is 0.143. The van der Waals surface area contributed by atoms with Crippen molar-refractivity contribution in [1.82, 2.24) is 5.43 Å². The van der Waals surface area contributed by atoms with Crippen molar-refractivity contribution in [3.8, 4) is 5.75 Å². The van der Waals surface area contributed by atoms with E-state index in [1.54, 1.807) is 13.3 Å². The summed E-state index contributed by atoms with van der Waals surface area (Å²) in [5.41, 5.74) is 5.48. The molecule has 138 valence electrons. The van der Waals surface area contributed by atoms with Crippen LogP contribution in [-0.4, -0.2) is 38.9 Å². The second-order valence-corrected chi connectivity index (χ2v) is 5.64. The minimum Gasteiger partial charge on any atom is -0.497 e. The zero-order valence-corrected chi connectivity index (χ0v) is 15.5. The van der Waals surface area contributed by atoms with Gasteiger partial charge < -0.3 is 15.0 Å². The van der Waals surface area contributed by atoms with E-state index in [9.17, 15) is 4.79 Å². The smallest absolute Gasteiger partial charge is 0.259 e. The first kappa shape index (κ1) is 19.3. The second-order valence-electron chi connectivity index (χ2n) is 5.64. The van der Waals surface area contributed by atoms with Gasteiger partial charge in [-0.2, -0.15) is 5.10 Å². The summed E-state index contributed by atoms with van der Waals surface area (Å²) in [6, 6.07) is 15.5. The van der Waals surface area contributed by atoms with Crippen molar-refractivity contribution < 1.29 is 9.53 Å². The Morgan fingerprint density at radius 3 is 2.31 bits per heavy atom. The van der Waals surface area contributed by atoms with Crippen molar-refractivity contribution >= 4 is 23.5 Å². The molecular weight excluding hydrogens is 328 g/mol. The van der Waals surface area contributed by atoms with E-state index in [-0.39, 0.29) is 12.5 Å². The van der Waals surface area contributed by atoms with Crippen LogP contribution in [0.25, 0.3) is 0 Å². The third-order valence-corrected chi connectivity index (χ3v) is 3.97. The van der Waals surface area contributed by atoms with Crippen LogP contribution < -0.4 is 20.4 Å². The van der Waals surface area contributed by atoms with Gasteiger partial charge in [-0.3, -0.25) is 4.79 Å². The number of ether oxygens (including phenoxy) is 1. The molecule has 0 aromatic heterocycles. The fourth-order valence-electron chi connectivity index (χ4n) is 2.47. The standard InChI is InChI=1S/C20H26N4O2/c1-4-24(5-2)18-10-6-16(7-11-18)14-22-23-20(25)15-21-17-8-12-19(26-3)13-9-17/h6-14,21H,4-5,15H2,1-3H3,(H,23,25)/b22-14-. The summed E-state index contributed by atoms with van der Waals surface area (Å²) >= 11 is 0. The maximum absolute atomic E-state index is 11.8. The number of hydrazone groups is 1. The summed E-state index contributed by atoms with van der Waals surface area (Å²) < 4.78 is 5.09. The average molecular weight is 354 g/mol. The van der Waals surface area contributed by atoms with E-state index in [4.69, 9.17) is 4.74 Å². The highest BCUT2D eigenvalue weighted by molar-refractivity contribution is 5.84. The number of hydrogen-bond acceptors (Lipinski definition) is 5. The van der Waals surface area contributed by atoms with Crippen LogP contribution in [0.5, 0.6) is 5.75 Å². The molecule has 0 heterocycles. The Morgan fingerprint density at radius 1 is 1.08 bits per heavy atom. The summed E-state index contributed by atoms with van der Waals surface area (Å²) in [6.07, 6.45) is 1.64. The lowest BCUT2D eigenvalue weighted by Gasteiger charge is -2.20. The lowest BCUT2D eigenvalue weighted by atomic mass is 10.2. The van der Waals surface area contributed by atoms with Crippen LogP contribution in [0.2, 0.25) is 0 Å². The zero-order chi connectivity index (χ0) is 18.8. The number of rotatable bonds is 9. The number of hydrogen-bond donors (Lipinski definition) is 2. The molecule has 26 heavy (non-hydrogen) atoms. The van der Waals surface area contributed by atoms with Gasteiger partial charge in [0.25, 0.3) is 5.91 Å². The molecular formula is C20H26N4O2. The molecule has 2 aromatic rings. The SMILES string of the molecule is CCN(CC)c1ccc(/C=N\NC(=O)CNc2ccc(OC)cc2)cc1. The van der Waals surface area contributed by atoms with Gasteiger partial charge >= 0.3 is 0 Å². The average Bonchev–Trinajstić information content (AvgIpc) is 2.69. The van der Waals surface area contributed by atoms with Crippen molar-refractivity contribution in [2.45, 2.75) is 13.8 Å². The molecule has 0 atom stereocenters. The van der Waals surface area contributed by atoms with Crippen molar-refractivity contribution in [3.63, 3.8) is 0 Å². The molecule has 0 aliphatic carbocycles. The van der Waals surface area contributed by atoms with Gasteiger partial charge in [0, 0.05) is 24.5 Å². The van der Waals surface area contributed by atoms with Gasteiger partial charge in [0.2, 0.25) is 0 Å². The highest BCUT2D eigenvalue weighted by Gasteiger charge is 2.01. The van der Waals surface area contributed by atoms with Crippen LogP contribution >= 0.6 is 0 Å². The van der Waals surface area contributed by atoms with Gasteiger partial charge in [0.15, 0.2) is 0 Å². The second kappa shape index (κ2) is 10.1. The fraction of sp³-hybridized carbons (Fsp3) is 0.300. The maximum atomic E-state index is 11.8.